The van der Waals surface area contributed by atoms with Crippen molar-refractivity contribution in [2.75, 3.05) is 6.54 Å². The molecule has 0 aliphatic carbocycles. The molecule has 0 aromatic heterocycles. The van der Waals surface area contributed by atoms with Crippen LogP contribution in [0.3, 0.4) is 0 Å². The first-order chi connectivity index (χ1) is 8.30. The third-order valence-electron chi connectivity index (χ3n) is 2.82. The first-order valence-electron chi connectivity index (χ1n) is 6.08. The average Bonchev–Trinajstić information content (AvgIpc) is 2.26. The van der Waals surface area contributed by atoms with Crippen LogP contribution in [0.15, 0.2) is 24.3 Å². The zero-order valence-electron chi connectivity index (χ0n) is 11.2. The van der Waals surface area contributed by atoms with Crippen LogP contribution in [-0.4, -0.2) is 18.5 Å². The second-order valence-corrected chi connectivity index (χ2v) is 5.51. The summed E-state index contributed by atoms with van der Waals surface area (Å²) < 4.78 is 12.9. The number of hydrogen-bond donors (Lipinski definition) is 2. The highest BCUT2D eigenvalue weighted by Gasteiger charge is 2.26. The van der Waals surface area contributed by atoms with Gasteiger partial charge < -0.3 is 11.1 Å². The normalized spacial score (nSPS) is 13.2. The molecule has 1 amide bonds. The lowest BCUT2D eigenvalue weighted by molar-refractivity contribution is -0.124. The van der Waals surface area contributed by atoms with Crippen molar-refractivity contribution in [2.24, 2.45) is 11.1 Å². The van der Waals surface area contributed by atoms with Crippen LogP contribution in [0.25, 0.3) is 0 Å². The topological polar surface area (TPSA) is 55.1 Å². The van der Waals surface area contributed by atoms with Gasteiger partial charge in [0.05, 0.1) is 6.04 Å². The van der Waals surface area contributed by atoms with Crippen molar-refractivity contribution < 1.29 is 9.18 Å². The molecule has 0 aliphatic heterocycles. The molecule has 1 aromatic carbocycles. The molecule has 0 radical (unpaired) electrons. The Hall–Kier alpha value is -1.42. The Balaban J connectivity index is 2.41. The first kappa shape index (κ1) is 14.6. The van der Waals surface area contributed by atoms with Gasteiger partial charge in [0.25, 0.3) is 0 Å². The quantitative estimate of drug-likeness (QED) is 0.859. The van der Waals surface area contributed by atoms with Gasteiger partial charge in [0.1, 0.15) is 5.82 Å². The van der Waals surface area contributed by atoms with Crippen LogP contribution in [0.1, 0.15) is 26.3 Å². The van der Waals surface area contributed by atoms with Crippen molar-refractivity contribution in [3.63, 3.8) is 0 Å². The smallest absolute Gasteiger partial charge is 0.237 e. The van der Waals surface area contributed by atoms with E-state index in [-0.39, 0.29) is 17.1 Å². The molecule has 4 heteroatoms. The molecule has 3 N–H and O–H groups in total. The van der Waals surface area contributed by atoms with E-state index in [9.17, 15) is 9.18 Å². The zero-order valence-corrected chi connectivity index (χ0v) is 11.2. The van der Waals surface area contributed by atoms with Gasteiger partial charge >= 0.3 is 0 Å². The standard InChI is InChI=1S/C14H21FN2O/c1-14(2,3)12(16)13(18)17-8-7-10-5-4-6-11(15)9-10/h4-6,9,12H,7-8,16H2,1-3H3,(H,17,18)/t12-/m1/s1. The predicted octanol–water partition coefficient (Wildman–Crippen LogP) is 1.86. The lowest BCUT2D eigenvalue weighted by Gasteiger charge is -2.25. The number of rotatable bonds is 4. The maximum atomic E-state index is 12.9. The van der Waals surface area contributed by atoms with E-state index in [1.54, 1.807) is 6.07 Å². The first-order valence-corrected chi connectivity index (χ1v) is 6.08. The fraction of sp³-hybridized carbons (Fsp3) is 0.500. The number of carbonyl (C=O) groups excluding carboxylic acids is 1. The third-order valence-corrected chi connectivity index (χ3v) is 2.82. The van der Waals surface area contributed by atoms with E-state index < -0.39 is 6.04 Å². The monoisotopic (exact) mass is 252 g/mol. The molecular formula is C14H21FN2O. The van der Waals surface area contributed by atoms with Crippen LogP contribution in [0.2, 0.25) is 0 Å². The van der Waals surface area contributed by atoms with Gasteiger partial charge in [-0.2, -0.15) is 0 Å². The van der Waals surface area contributed by atoms with E-state index in [2.05, 4.69) is 5.32 Å². The number of halogens is 1. The minimum Gasteiger partial charge on any atom is -0.354 e. The second kappa shape index (κ2) is 5.96. The molecule has 1 aromatic rings. The summed E-state index contributed by atoms with van der Waals surface area (Å²) in [5, 5.41) is 2.77. The van der Waals surface area contributed by atoms with Crippen molar-refractivity contribution in [3.05, 3.63) is 35.6 Å². The Kier molecular flexibility index (Phi) is 4.84. The predicted molar refractivity (Wildman–Crippen MR) is 70.5 cm³/mol. The van der Waals surface area contributed by atoms with Gasteiger partial charge in [-0.1, -0.05) is 32.9 Å². The molecule has 0 saturated heterocycles. The van der Waals surface area contributed by atoms with Crippen LogP contribution in [0.4, 0.5) is 4.39 Å². The van der Waals surface area contributed by atoms with Crippen molar-refractivity contribution in [3.8, 4) is 0 Å². The SMILES string of the molecule is CC(C)(C)[C@H](N)C(=O)NCCc1cccc(F)c1. The van der Waals surface area contributed by atoms with Crippen molar-refractivity contribution in [1.29, 1.82) is 0 Å². The van der Waals surface area contributed by atoms with E-state index >= 15 is 0 Å². The minimum atomic E-state index is -0.537. The number of benzene rings is 1. The highest BCUT2D eigenvalue weighted by atomic mass is 19.1. The molecule has 3 nitrogen and oxygen atoms in total. The Bertz CT molecular complexity index is 413. The summed E-state index contributed by atoms with van der Waals surface area (Å²) in [6.07, 6.45) is 0.598. The Morgan fingerprint density at radius 2 is 2.11 bits per heavy atom. The molecular weight excluding hydrogens is 231 g/mol. The van der Waals surface area contributed by atoms with Crippen molar-refractivity contribution in [1.82, 2.24) is 5.32 Å². The highest BCUT2D eigenvalue weighted by molar-refractivity contribution is 5.82. The molecule has 100 valence electrons. The minimum absolute atomic E-state index is 0.168. The Labute approximate surface area is 108 Å². The van der Waals surface area contributed by atoms with Gasteiger partial charge in [-0.3, -0.25) is 4.79 Å². The maximum Gasteiger partial charge on any atom is 0.237 e. The average molecular weight is 252 g/mol. The van der Waals surface area contributed by atoms with E-state index in [1.807, 2.05) is 26.8 Å². The number of amides is 1. The summed E-state index contributed by atoms with van der Waals surface area (Å²) >= 11 is 0. The Morgan fingerprint density at radius 3 is 2.67 bits per heavy atom. The van der Waals surface area contributed by atoms with Crippen LogP contribution < -0.4 is 11.1 Å². The lowest BCUT2D eigenvalue weighted by atomic mass is 9.87. The lowest BCUT2D eigenvalue weighted by Crippen LogP contribution is -2.48. The van der Waals surface area contributed by atoms with Gasteiger partial charge in [0.15, 0.2) is 0 Å². The van der Waals surface area contributed by atoms with Gasteiger partial charge in [0.2, 0.25) is 5.91 Å². The molecule has 1 atom stereocenters. The number of nitrogens with two attached hydrogens (primary N) is 1. The molecule has 0 unspecified atom stereocenters. The molecule has 1 rings (SSSR count). The van der Waals surface area contributed by atoms with Crippen molar-refractivity contribution in [2.45, 2.75) is 33.2 Å². The summed E-state index contributed by atoms with van der Waals surface area (Å²) in [7, 11) is 0. The number of carbonyl (C=O) groups is 1. The largest absolute Gasteiger partial charge is 0.354 e. The highest BCUT2D eigenvalue weighted by Crippen LogP contribution is 2.17. The number of nitrogens with one attached hydrogen (secondary N) is 1. The summed E-state index contributed by atoms with van der Waals surface area (Å²) in [4.78, 5) is 11.7. The molecule has 0 fully saturated rings. The zero-order chi connectivity index (χ0) is 13.8. The van der Waals surface area contributed by atoms with E-state index in [0.29, 0.717) is 13.0 Å². The molecule has 18 heavy (non-hydrogen) atoms. The van der Waals surface area contributed by atoms with Gasteiger partial charge in [-0.25, -0.2) is 4.39 Å². The van der Waals surface area contributed by atoms with Gasteiger partial charge in [-0.05, 0) is 29.5 Å². The van der Waals surface area contributed by atoms with Crippen LogP contribution in [-0.2, 0) is 11.2 Å². The fourth-order valence-corrected chi connectivity index (χ4v) is 1.53. The molecule has 0 spiro atoms. The second-order valence-electron chi connectivity index (χ2n) is 5.51. The molecule has 0 saturated carbocycles. The van der Waals surface area contributed by atoms with Crippen molar-refractivity contribution >= 4 is 5.91 Å². The van der Waals surface area contributed by atoms with Gasteiger partial charge in [-0.15, -0.1) is 0 Å². The summed E-state index contributed by atoms with van der Waals surface area (Å²) in [5.74, 6) is -0.427. The Morgan fingerprint density at radius 1 is 1.44 bits per heavy atom. The van der Waals surface area contributed by atoms with Crippen LogP contribution >= 0.6 is 0 Å². The molecule has 0 aliphatic rings. The fourth-order valence-electron chi connectivity index (χ4n) is 1.53. The molecule has 0 heterocycles. The maximum absolute atomic E-state index is 12.9. The molecule has 0 bridgehead atoms. The third kappa shape index (κ3) is 4.45. The number of hydrogen-bond acceptors (Lipinski definition) is 2. The summed E-state index contributed by atoms with van der Waals surface area (Å²) in [5.41, 5.74) is 6.43. The van der Waals surface area contributed by atoms with Crippen LogP contribution in [0.5, 0.6) is 0 Å². The van der Waals surface area contributed by atoms with E-state index in [1.165, 1.54) is 12.1 Å². The van der Waals surface area contributed by atoms with Gasteiger partial charge in [0, 0.05) is 6.54 Å². The van der Waals surface area contributed by atoms with E-state index in [0.717, 1.165) is 5.56 Å². The summed E-state index contributed by atoms with van der Waals surface area (Å²) in [6, 6.07) is 5.82. The van der Waals surface area contributed by atoms with Crippen LogP contribution in [0, 0.1) is 11.2 Å². The summed E-state index contributed by atoms with van der Waals surface area (Å²) in [6.45, 7) is 6.23. The van der Waals surface area contributed by atoms with E-state index in [4.69, 9.17) is 5.73 Å².